The summed E-state index contributed by atoms with van der Waals surface area (Å²) < 4.78 is 18.9. The molecule has 1 aliphatic heterocycles. The minimum absolute atomic E-state index is 0.143. The number of piperidine rings is 1. The number of ether oxygens (including phenoxy) is 1. The van der Waals surface area contributed by atoms with Crippen molar-refractivity contribution in [3.05, 3.63) is 34.6 Å². The topological polar surface area (TPSA) is 29.5 Å². The molecule has 0 unspecified atom stereocenters. The molecule has 0 spiro atoms. The first-order valence-corrected chi connectivity index (χ1v) is 7.57. The van der Waals surface area contributed by atoms with Gasteiger partial charge < -0.3 is 9.64 Å². The van der Waals surface area contributed by atoms with Gasteiger partial charge in [0.2, 0.25) is 0 Å². The van der Waals surface area contributed by atoms with Crippen LogP contribution >= 0.6 is 11.6 Å². The zero-order valence-electron chi connectivity index (χ0n) is 12.7. The fourth-order valence-corrected chi connectivity index (χ4v) is 2.61. The lowest BCUT2D eigenvalue weighted by Crippen LogP contribution is -2.41. The van der Waals surface area contributed by atoms with Crippen LogP contribution in [0.5, 0.6) is 0 Å². The van der Waals surface area contributed by atoms with E-state index in [-0.39, 0.29) is 22.9 Å². The number of nitrogens with zero attached hydrogens (tertiary/aromatic N) is 1. The largest absolute Gasteiger partial charge is 0.444 e. The number of likely N-dealkylation sites (tertiary alicyclic amines) is 1. The van der Waals surface area contributed by atoms with Gasteiger partial charge in [-0.1, -0.05) is 17.7 Å². The summed E-state index contributed by atoms with van der Waals surface area (Å²) in [5.74, 6) is -0.126. The van der Waals surface area contributed by atoms with Crippen LogP contribution in [-0.2, 0) is 4.74 Å². The van der Waals surface area contributed by atoms with Gasteiger partial charge in [-0.25, -0.2) is 9.18 Å². The highest BCUT2D eigenvalue weighted by molar-refractivity contribution is 6.30. The average molecular weight is 314 g/mol. The fourth-order valence-electron chi connectivity index (χ4n) is 2.49. The molecule has 3 nitrogen and oxygen atoms in total. The van der Waals surface area contributed by atoms with Gasteiger partial charge in [0, 0.05) is 13.1 Å². The van der Waals surface area contributed by atoms with E-state index in [1.54, 1.807) is 11.0 Å². The third kappa shape index (κ3) is 4.34. The second-order valence-corrected chi connectivity index (χ2v) is 6.82. The Morgan fingerprint density at radius 3 is 2.48 bits per heavy atom. The molecule has 0 aliphatic carbocycles. The summed E-state index contributed by atoms with van der Waals surface area (Å²) in [5.41, 5.74) is 0.466. The van der Waals surface area contributed by atoms with Crippen LogP contribution in [0.4, 0.5) is 9.18 Å². The molecule has 21 heavy (non-hydrogen) atoms. The zero-order valence-corrected chi connectivity index (χ0v) is 13.4. The molecule has 1 aromatic carbocycles. The maximum atomic E-state index is 13.5. The van der Waals surface area contributed by atoms with Gasteiger partial charge in [0.25, 0.3) is 0 Å². The van der Waals surface area contributed by atoms with Crippen molar-refractivity contribution in [2.75, 3.05) is 13.1 Å². The summed E-state index contributed by atoms with van der Waals surface area (Å²) in [5, 5.41) is 0.143. The quantitative estimate of drug-likeness (QED) is 0.758. The lowest BCUT2D eigenvalue weighted by molar-refractivity contribution is 0.0205. The maximum absolute atomic E-state index is 13.5. The standard InChI is InChI=1S/C16H21ClFNO2/c1-16(2,3)21-15(20)19-8-6-11(7-9-19)12-4-5-13(17)14(18)10-12/h4-5,10-11H,6-9H2,1-3H3. The second kappa shape index (κ2) is 6.22. The lowest BCUT2D eigenvalue weighted by atomic mass is 9.89. The van der Waals surface area contributed by atoms with E-state index >= 15 is 0 Å². The third-order valence-corrected chi connectivity index (χ3v) is 3.87. The molecular formula is C16H21ClFNO2. The number of halogens is 2. The van der Waals surface area contributed by atoms with Crippen molar-refractivity contribution in [1.82, 2.24) is 4.90 Å². The van der Waals surface area contributed by atoms with Gasteiger partial charge in [0.1, 0.15) is 11.4 Å². The smallest absolute Gasteiger partial charge is 0.410 e. The summed E-state index contributed by atoms with van der Waals surface area (Å²) in [4.78, 5) is 13.7. The predicted molar refractivity (Wildman–Crippen MR) is 81.2 cm³/mol. The first-order chi connectivity index (χ1) is 9.76. The Bertz CT molecular complexity index is 519. The number of hydrogen-bond acceptors (Lipinski definition) is 2. The number of rotatable bonds is 1. The van der Waals surface area contributed by atoms with E-state index in [0.29, 0.717) is 13.1 Å². The van der Waals surface area contributed by atoms with Crippen LogP contribution in [0.25, 0.3) is 0 Å². The highest BCUT2D eigenvalue weighted by Gasteiger charge is 2.27. The number of carbonyl (C=O) groups is 1. The summed E-state index contributed by atoms with van der Waals surface area (Å²) in [7, 11) is 0. The van der Waals surface area contributed by atoms with Crippen LogP contribution in [0.15, 0.2) is 18.2 Å². The van der Waals surface area contributed by atoms with Crippen LogP contribution in [0.2, 0.25) is 5.02 Å². The highest BCUT2D eigenvalue weighted by atomic mass is 35.5. The Labute approximate surface area is 130 Å². The lowest BCUT2D eigenvalue weighted by Gasteiger charge is -2.33. The molecule has 0 bridgehead atoms. The monoisotopic (exact) mass is 313 g/mol. The SMILES string of the molecule is CC(C)(C)OC(=O)N1CCC(c2ccc(Cl)c(F)c2)CC1. The highest BCUT2D eigenvalue weighted by Crippen LogP contribution is 2.30. The van der Waals surface area contributed by atoms with Gasteiger partial charge in [-0.05, 0) is 57.2 Å². The van der Waals surface area contributed by atoms with Crippen molar-refractivity contribution < 1.29 is 13.9 Å². The summed E-state index contributed by atoms with van der Waals surface area (Å²) >= 11 is 5.70. The van der Waals surface area contributed by atoms with Crippen LogP contribution in [0.1, 0.15) is 45.1 Å². The Morgan fingerprint density at radius 1 is 1.33 bits per heavy atom. The summed E-state index contributed by atoms with van der Waals surface area (Å²) in [6, 6.07) is 4.95. The Balaban J connectivity index is 1.94. The van der Waals surface area contributed by atoms with Crippen molar-refractivity contribution >= 4 is 17.7 Å². The van der Waals surface area contributed by atoms with Gasteiger partial charge >= 0.3 is 6.09 Å². The molecule has 0 radical (unpaired) electrons. The Kier molecular flexibility index (Phi) is 4.77. The van der Waals surface area contributed by atoms with Crippen LogP contribution in [-0.4, -0.2) is 29.7 Å². The van der Waals surface area contributed by atoms with E-state index in [0.717, 1.165) is 18.4 Å². The molecule has 116 valence electrons. The minimum Gasteiger partial charge on any atom is -0.444 e. The molecule has 2 rings (SSSR count). The molecule has 0 aromatic heterocycles. The molecule has 1 fully saturated rings. The molecule has 1 saturated heterocycles. The molecule has 1 aromatic rings. The fraction of sp³-hybridized carbons (Fsp3) is 0.562. The second-order valence-electron chi connectivity index (χ2n) is 6.42. The number of benzene rings is 1. The summed E-state index contributed by atoms with van der Waals surface area (Å²) in [6.45, 7) is 6.82. The first kappa shape index (κ1) is 16.1. The van der Waals surface area contributed by atoms with Gasteiger partial charge in [-0.2, -0.15) is 0 Å². The minimum atomic E-state index is -0.479. The molecule has 1 aliphatic rings. The van der Waals surface area contributed by atoms with Crippen LogP contribution < -0.4 is 0 Å². The van der Waals surface area contributed by atoms with Gasteiger partial charge in [-0.15, -0.1) is 0 Å². The molecule has 0 N–H and O–H groups in total. The Hall–Kier alpha value is -1.29. The van der Waals surface area contributed by atoms with Gasteiger partial charge in [0.05, 0.1) is 5.02 Å². The van der Waals surface area contributed by atoms with Crippen molar-refractivity contribution in [2.24, 2.45) is 0 Å². The van der Waals surface area contributed by atoms with E-state index in [4.69, 9.17) is 16.3 Å². The molecule has 5 heteroatoms. The van der Waals surface area contributed by atoms with Gasteiger partial charge in [-0.3, -0.25) is 0 Å². The summed E-state index contributed by atoms with van der Waals surface area (Å²) in [6.07, 6.45) is 1.34. The van der Waals surface area contributed by atoms with Crippen molar-refractivity contribution in [1.29, 1.82) is 0 Å². The molecule has 1 heterocycles. The van der Waals surface area contributed by atoms with Crippen LogP contribution in [0, 0.1) is 5.82 Å². The number of carbonyl (C=O) groups excluding carboxylic acids is 1. The van der Waals surface area contributed by atoms with E-state index in [2.05, 4.69) is 0 Å². The van der Waals surface area contributed by atoms with Crippen molar-refractivity contribution in [3.8, 4) is 0 Å². The maximum Gasteiger partial charge on any atom is 0.410 e. The predicted octanol–water partition coefficient (Wildman–Crippen LogP) is 4.59. The number of amides is 1. The number of hydrogen-bond donors (Lipinski definition) is 0. The zero-order chi connectivity index (χ0) is 15.6. The third-order valence-electron chi connectivity index (χ3n) is 3.56. The Morgan fingerprint density at radius 2 is 1.95 bits per heavy atom. The van der Waals surface area contributed by atoms with E-state index in [1.807, 2.05) is 26.8 Å². The molecular weight excluding hydrogens is 293 g/mol. The molecule has 1 amide bonds. The normalized spacial score (nSPS) is 16.9. The van der Waals surface area contributed by atoms with E-state index in [9.17, 15) is 9.18 Å². The molecule has 0 saturated carbocycles. The van der Waals surface area contributed by atoms with Crippen molar-refractivity contribution in [3.63, 3.8) is 0 Å². The van der Waals surface area contributed by atoms with Crippen molar-refractivity contribution in [2.45, 2.75) is 45.1 Å². The average Bonchev–Trinajstić information content (AvgIpc) is 2.40. The van der Waals surface area contributed by atoms with Crippen LogP contribution in [0.3, 0.4) is 0 Å². The van der Waals surface area contributed by atoms with Gasteiger partial charge in [0.15, 0.2) is 0 Å². The molecule has 0 atom stereocenters. The van der Waals surface area contributed by atoms with E-state index in [1.165, 1.54) is 6.07 Å². The van der Waals surface area contributed by atoms with E-state index < -0.39 is 5.60 Å². The first-order valence-electron chi connectivity index (χ1n) is 7.19.